The predicted octanol–water partition coefficient (Wildman–Crippen LogP) is 2.68. The molecular formula is C20H21F3N4O3. The summed E-state index contributed by atoms with van der Waals surface area (Å²) < 4.78 is 52.6. The Balaban J connectivity index is 1.81. The zero-order chi connectivity index (χ0) is 21.5. The highest BCUT2D eigenvalue weighted by atomic mass is 19.4. The Bertz CT molecular complexity index is 1040. The van der Waals surface area contributed by atoms with Gasteiger partial charge in [-0.25, -0.2) is 0 Å². The van der Waals surface area contributed by atoms with Crippen LogP contribution in [0.4, 0.5) is 13.2 Å². The van der Waals surface area contributed by atoms with Gasteiger partial charge in [0.2, 0.25) is 0 Å². The van der Waals surface area contributed by atoms with Crippen LogP contribution in [0.5, 0.6) is 5.75 Å². The Labute approximate surface area is 170 Å². The summed E-state index contributed by atoms with van der Waals surface area (Å²) in [6, 6.07) is 3.25. The van der Waals surface area contributed by atoms with Crippen molar-refractivity contribution in [3.63, 3.8) is 0 Å². The van der Waals surface area contributed by atoms with Crippen molar-refractivity contribution >= 4 is 16.8 Å². The predicted molar refractivity (Wildman–Crippen MR) is 103 cm³/mol. The van der Waals surface area contributed by atoms with Gasteiger partial charge in [0.15, 0.2) is 5.54 Å². The number of nitrogens with two attached hydrogens (primary N) is 1. The molecule has 0 saturated carbocycles. The van der Waals surface area contributed by atoms with Crippen LogP contribution in [-0.2, 0) is 15.1 Å². The number of hydrogen-bond donors (Lipinski definition) is 2. The van der Waals surface area contributed by atoms with Crippen molar-refractivity contribution in [1.82, 2.24) is 15.1 Å². The third-order valence-electron chi connectivity index (χ3n) is 5.47. The van der Waals surface area contributed by atoms with Gasteiger partial charge < -0.3 is 20.5 Å². The van der Waals surface area contributed by atoms with Crippen molar-refractivity contribution in [2.24, 2.45) is 5.73 Å². The van der Waals surface area contributed by atoms with E-state index in [1.165, 1.54) is 25.3 Å². The highest BCUT2D eigenvalue weighted by molar-refractivity contribution is 5.93. The summed E-state index contributed by atoms with van der Waals surface area (Å²) in [6.45, 7) is 1.27. The Morgan fingerprint density at radius 3 is 2.73 bits per heavy atom. The number of nitrogens with zero attached hydrogens (tertiary/aromatic N) is 2. The van der Waals surface area contributed by atoms with Gasteiger partial charge in [0.1, 0.15) is 17.0 Å². The molecule has 1 saturated heterocycles. The van der Waals surface area contributed by atoms with Gasteiger partial charge in [0.05, 0.1) is 13.2 Å². The standard InChI is InChI=1S/C20H21F3N4O3/c1-29-15-10-13(19(18(24)28)6-2-3-16(25-19)20(21,22)23)9-12-11-27(26-17(12)15)14-4-7-30-8-5-14/h2-3,6,9-11,14,25H,4-5,7-8H2,1H3,(H2,24,28). The number of benzene rings is 1. The number of ether oxygens (including phenoxy) is 2. The normalized spacial score (nSPS) is 22.6. The lowest BCUT2D eigenvalue weighted by Gasteiger charge is -2.34. The second-order valence-corrected chi connectivity index (χ2v) is 7.30. The molecule has 1 unspecified atom stereocenters. The number of primary amides is 1. The average molecular weight is 422 g/mol. The number of nitrogens with one attached hydrogen (secondary N) is 1. The Kier molecular flexibility index (Phi) is 4.97. The van der Waals surface area contributed by atoms with Gasteiger partial charge >= 0.3 is 6.18 Å². The van der Waals surface area contributed by atoms with Crippen molar-refractivity contribution in [2.75, 3.05) is 20.3 Å². The molecule has 7 nitrogen and oxygen atoms in total. The summed E-state index contributed by atoms with van der Waals surface area (Å²) in [5.74, 6) is -0.626. The number of carbonyl (C=O) groups excluding carboxylic acids is 1. The number of methoxy groups -OCH3 is 1. The maximum atomic E-state index is 13.3. The number of dihydropyridines is 1. The monoisotopic (exact) mass is 422 g/mol. The molecule has 0 bridgehead atoms. The second kappa shape index (κ2) is 7.35. The fourth-order valence-electron chi connectivity index (χ4n) is 3.85. The fourth-order valence-corrected chi connectivity index (χ4v) is 3.85. The molecule has 2 aromatic rings. The molecule has 1 aromatic heterocycles. The van der Waals surface area contributed by atoms with E-state index in [0.29, 0.717) is 29.9 Å². The molecule has 3 heterocycles. The van der Waals surface area contributed by atoms with Gasteiger partial charge in [-0.3, -0.25) is 9.48 Å². The molecule has 10 heteroatoms. The number of fused-ring (bicyclic) bond motifs is 1. The lowest BCUT2D eigenvalue weighted by atomic mass is 9.85. The summed E-state index contributed by atoms with van der Waals surface area (Å²) in [7, 11) is 1.44. The molecule has 1 amide bonds. The third kappa shape index (κ3) is 3.41. The maximum Gasteiger partial charge on any atom is 0.430 e. The molecule has 0 aliphatic carbocycles. The highest BCUT2D eigenvalue weighted by Gasteiger charge is 2.45. The molecule has 30 heavy (non-hydrogen) atoms. The summed E-state index contributed by atoms with van der Waals surface area (Å²) >= 11 is 0. The Morgan fingerprint density at radius 1 is 1.37 bits per heavy atom. The SMILES string of the molecule is COc1cc(C2(C(N)=O)C=CC=C(C(F)(F)F)N2)cc2cn(C3CCOCC3)nc12. The summed E-state index contributed by atoms with van der Waals surface area (Å²) in [5, 5.41) is 7.52. The molecule has 1 aromatic carbocycles. The number of hydrogen-bond acceptors (Lipinski definition) is 5. The third-order valence-corrected chi connectivity index (χ3v) is 5.47. The zero-order valence-electron chi connectivity index (χ0n) is 16.2. The molecule has 1 fully saturated rings. The van der Waals surface area contributed by atoms with Crippen molar-refractivity contribution < 1.29 is 27.4 Å². The topological polar surface area (TPSA) is 91.4 Å². The van der Waals surface area contributed by atoms with Crippen molar-refractivity contribution in [1.29, 1.82) is 0 Å². The zero-order valence-corrected chi connectivity index (χ0v) is 16.2. The first kappa shape index (κ1) is 20.3. The Hall–Kier alpha value is -3.01. The van der Waals surface area contributed by atoms with E-state index in [9.17, 15) is 18.0 Å². The number of amides is 1. The van der Waals surface area contributed by atoms with Crippen LogP contribution in [0.25, 0.3) is 10.9 Å². The molecule has 3 N–H and O–H groups in total. The van der Waals surface area contributed by atoms with Crippen LogP contribution in [-0.4, -0.2) is 42.2 Å². The number of aromatic nitrogens is 2. The van der Waals surface area contributed by atoms with E-state index in [0.717, 1.165) is 18.9 Å². The number of halogens is 3. The van der Waals surface area contributed by atoms with Gasteiger partial charge in [0, 0.05) is 24.8 Å². The number of carbonyl (C=O) groups is 1. The first-order valence-corrected chi connectivity index (χ1v) is 9.44. The lowest BCUT2D eigenvalue weighted by Crippen LogP contribution is -2.53. The molecule has 2 aliphatic heterocycles. The summed E-state index contributed by atoms with van der Waals surface area (Å²) in [6.07, 6.45) is 2.10. The van der Waals surface area contributed by atoms with Crippen molar-refractivity contribution in [3.05, 3.63) is 47.8 Å². The van der Waals surface area contributed by atoms with Crippen LogP contribution in [0, 0.1) is 0 Å². The van der Waals surface area contributed by atoms with E-state index in [4.69, 9.17) is 15.2 Å². The molecule has 2 aliphatic rings. The van der Waals surface area contributed by atoms with Gasteiger partial charge in [-0.1, -0.05) is 6.08 Å². The average Bonchev–Trinajstić information content (AvgIpc) is 3.17. The van der Waals surface area contributed by atoms with Gasteiger partial charge in [0.25, 0.3) is 5.91 Å². The molecule has 4 rings (SSSR count). The molecule has 1 atom stereocenters. The number of rotatable bonds is 4. The molecular weight excluding hydrogens is 401 g/mol. The van der Waals surface area contributed by atoms with Crippen LogP contribution in [0.1, 0.15) is 24.4 Å². The first-order valence-electron chi connectivity index (χ1n) is 9.44. The highest BCUT2D eigenvalue weighted by Crippen LogP contribution is 2.37. The molecule has 0 radical (unpaired) electrons. The van der Waals surface area contributed by atoms with Crippen LogP contribution < -0.4 is 15.8 Å². The molecule has 0 spiro atoms. The largest absolute Gasteiger partial charge is 0.494 e. The van der Waals surface area contributed by atoms with Crippen molar-refractivity contribution in [2.45, 2.75) is 30.6 Å². The molecule has 160 valence electrons. The maximum absolute atomic E-state index is 13.3. The minimum atomic E-state index is -4.66. The smallest absolute Gasteiger partial charge is 0.430 e. The van der Waals surface area contributed by atoms with Gasteiger partial charge in [-0.15, -0.1) is 0 Å². The number of alkyl halides is 3. The van der Waals surface area contributed by atoms with Crippen LogP contribution in [0.3, 0.4) is 0 Å². The fraction of sp³-hybridized carbons (Fsp3) is 0.400. The van der Waals surface area contributed by atoms with Crippen LogP contribution >= 0.6 is 0 Å². The van der Waals surface area contributed by atoms with E-state index in [1.54, 1.807) is 12.3 Å². The summed E-state index contributed by atoms with van der Waals surface area (Å²) in [5.41, 5.74) is 3.43. The van der Waals surface area contributed by atoms with Gasteiger partial charge in [-0.2, -0.15) is 18.3 Å². The minimum Gasteiger partial charge on any atom is -0.494 e. The van der Waals surface area contributed by atoms with E-state index >= 15 is 0 Å². The van der Waals surface area contributed by atoms with Gasteiger partial charge in [-0.05, 0) is 42.7 Å². The minimum absolute atomic E-state index is 0.150. The van der Waals surface area contributed by atoms with Crippen LogP contribution in [0.15, 0.2) is 42.3 Å². The quantitative estimate of drug-likeness (QED) is 0.791. The van der Waals surface area contributed by atoms with E-state index in [2.05, 4.69) is 10.4 Å². The lowest BCUT2D eigenvalue weighted by molar-refractivity contribution is -0.124. The summed E-state index contributed by atoms with van der Waals surface area (Å²) in [4.78, 5) is 12.4. The van der Waals surface area contributed by atoms with Crippen LogP contribution in [0.2, 0.25) is 0 Å². The van der Waals surface area contributed by atoms with E-state index in [-0.39, 0.29) is 11.6 Å². The van der Waals surface area contributed by atoms with E-state index in [1.807, 2.05) is 4.68 Å². The second-order valence-electron chi connectivity index (χ2n) is 7.30. The van der Waals surface area contributed by atoms with E-state index < -0.39 is 23.3 Å². The van der Waals surface area contributed by atoms with Crippen molar-refractivity contribution in [3.8, 4) is 5.75 Å². The number of allylic oxidation sites excluding steroid dienone is 3. The Morgan fingerprint density at radius 2 is 2.10 bits per heavy atom. The first-order chi connectivity index (χ1) is 14.2.